The summed E-state index contributed by atoms with van der Waals surface area (Å²) in [5.74, 6) is -3.66. The fourth-order valence-corrected chi connectivity index (χ4v) is 2.10. The number of benzene rings is 1. The molecule has 1 heterocycles. The van der Waals surface area contributed by atoms with E-state index in [9.17, 15) is 18.0 Å². The zero-order valence-corrected chi connectivity index (χ0v) is 16.0. The van der Waals surface area contributed by atoms with E-state index in [2.05, 4.69) is 25.9 Å². The Morgan fingerprint density at radius 3 is 2.50 bits per heavy atom. The molecule has 0 saturated carbocycles. The summed E-state index contributed by atoms with van der Waals surface area (Å²) < 4.78 is 45.3. The lowest BCUT2D eigenvalue weighted by Gasteiger charge is -2.13. The van der Waals surface area contributed by atoms with E-state index in [0.29, 0.717) is 5.89 Å². The highest BCUT2D eigenvalue weighted by molar-refractivity contribution is 5.95. The summed E-state index contributed by atoms with van der Waals surface area (Å²) in [5, 5.41) is 7.78. The Morgan fingerprint density at radius 2 is 1.89 bits per heavy atom. The van der Waals surface area contributed by atoms with Gasteiger partial charge in [0.1, 0.15) is 5.76 Å². The predicted octanol–water partition coefficient (Wildman–Crippen LogP) is 2.69. The summed E-state index contributed by atoms with van der Waals surface area (Å²) in [6, 6.07) is 1.66. The number of carbonyl (C=O) groups is 1. The number of carbonyl (C=O) groups excluding carboxylic acids is 1. The van der Waals surface area contributed by atoms with Crippen LogP contribution in [0.5, 0.6) is 0 Å². The third-order valence-electron chi connectivity index (χ3n) is 3.65. The molecule has 0 aliphatic carbocycles. The summed E-state index contributed by atoms with van der Waals surface area (Å²) in [6.07, 6.45) is 1.65. The second kappa shape index (κ2) is 8.77. The lowest BCUT2D eigenvalue weighted by molar-refractivity contribution is -0.115. The van der Waals surface area contributed by atoms with Gasteiger partial charge in [-0.25, -0.2) is 18.2 Å². The van der Waals surface area contributed by atoms with Crippen LogP contribution in [0.15, 0.2) is 27.7 Å². The zero-order chi connectivity index (χ0) is 20.9. The number of aromatic nitrogens is 1. The number of rotatable bonds is 5. The van der Waals surface area contributed by atoms with Gasteiger partial charge in [-0.05, 0) is 12.1 Å². The number of hydrogen-bond acceptors (Lipinski definition) is 4. The van der Waals surface area contributed by atoms with Crippen molar-refractivity contribution in [1.29, 1.82) is 0 Å². The van der Waals surface area contributed by atoms with Crippen molar-refractivity contribution in [2.24, 2.45) is 4.99 Å². The molecule has 0 saturated heterocycles. The van der Waals surface area contributed by atoms with Crippen molar-refractivity contribution in [1.82, 2.24) is 15.6 Å². The highest BCUT2D eigenvalue weighted by Gasteiger charge is 2.19. The van der Waals surface area contributed by atoms with Crippen LogP contribution in [0.2, 0.25) is 0 Å². The van der Waals surface area contributed by atoms with E-state index in [4.69, 9.17) is 4.42 Å². The van der Waals surface area contributed by atoms with Crippen LogP contribution >= 0.6 is 0 Å². The number of hydrogen-bond donors (Lipinski definition) is 3. The van der Waals surface area contributed by atoms with Gasteiger partial charge in [-0.2, -0.15) is 0 Å². The predicted molar refractivity (Wildman–Crippen MR) is 98.4 cm³/mol. The number of guanidine groups is 1. The van der Waals surface area contributed by atoms with E-state index < -0.39 is 29.0 Å². The van der Waals surface area contributed by atoms with E-state index in [-0.39, 0.29) is 24.5 Å². The molecule has 0 unspecified atom stereocenters. The van der Waals surface area contributed by atoms with Crippen LogP contribution in [0.3, 0.4) is 0 Å². The van der Waals surface area contributed by atoms with Gasteiger partial charge in [-0.3, -0.25) is 9.79 Å². The Balaban J connectivity index is 1.86. The molecule has 0 bridgehead atoms. The maximum atomic E-state index is 13.6. The molecule has 0 fully saturated rings. The molecule has 2 rings (SSSR count). The maximum Gasteiger partial charge on any atom is 0.243 e. The van der Waals surface area contributed by atoms with Crippen molar-refractivity contribution in [2.45, 2.75) is 32.7 Å². The summed E-state index contributed by atoms with van der Waals surface area (Å²) in [5.41, 5.74) is -0.624. The van der Waals surface area contributed by atoms with Gasteiger partial charge in [0.2, 0.25) is 11.8 Å². The first kappa shape index (κ1) is 21.3. The minimum Gasteiger partial charge on any atom is -0.443 e. The molecule has 7 nitrogen and oxygen atoms in total. The average Bonchev–Trinajstić information content (AvgIpc) is 3.12. The third kappa shape index (κ3) is 5.48. The molecule has 0 radical (unpaired) electrons. The molecule has 1 aromatic carbocycles. The van der Waals surface area contributed by atoms with Crippen LogP contribution in [0, 0.1) is 17.5 Å². The van der Waals surface area contributed by atoms with Gasteiger partial charge in [0.05, 0.1) is 25.0 Å². The largest absolute Gasteiger partial charge is 0.443 e. The second-order valence-corrected chi connectivity index (χ2v) is 6.92. The van der Waals surface area contributed by atoms with Gasteiger partial charge in [-0.1, -0.05) is 20.8 Å². The summed E-state index contributed by atoms with van der Waals surface area (Å²) in [6.45, 7) is 5.95. The van der Waals surface area contributed by atoms with E-state index in [1.54, 1.807) is 6.20 Å². The van der Waals surface area contributed by atoms with E-state index in [1.807, 2.05) is 20.8 Å². The Hall–Kier alpha value is -3.04. The van der Waals surface area contributed by atoms with Gasteiger partial charge in [0.25, 0.3) is 0 Å². The van der Waals surface area contributed by atoms with Gasteiger partial charge >= 0.3 is 0 Å². The molecule has 0 aliphatic rings. The van der Waals surface area contributed by atoms with Crippen molar-refractivity contribution in [3.63, 3.8) is 0 Å². The minimum absolute atomic E-state index is 0.168. The maximum absolute atomic E-state index is 13.6. The standard InChI is InChI=1S/C18H22F3N5O2/c1-18(2,3)12-7-23-14(28-12)9-25-17(22-4)24-8-13(27)26-11-6-5-10(19)15(20)16(11)21/h5-7H,8-9H2,1-4H3,(H,26,27)(H2,22,24,25). The summed E-state index contributed by atoms with van der Waals surface area (Å²) >= 11 is 0. The van der Waals surface area contributed by atoms with Gasteiger partial charge < -0.3 is 20.4 Å². The van der Waals surface area contributed by atoms with Crippen LogP contribution < -0.4 is 16.0 Å². The number of nitrogens with one attached hydrogen (secondary N) is 3. The quantitative estimate of drug-likeness (QED) is 0.410. The Labute approximate surface area is 160 Å². The Morgan fingerprint density at radius 1 is 1.18 bits per heavy atom. The topological polar surface area (TPSA) is 91.5 Å². The first-order valence-corrected chi connectivity index (χ1v) is 8.45. The van der Waals surface area contributed by atoms with E-state index >= 15 is 0 Å². The molecule has 0 spiro atoms. The van der Waals surface area contributed by atoms with Crippen molar-refractivity contribution >= 4 is 17.6 Å². The van der Waals surface area contributed by atoms with Crippen LogP contribution in [-0.4, -0.2) is 30.4 Å². The number of amides is 1. The monoisotopic (exact) mass is 397 g/mol. The first-order chi connectivity index (χ1) is 13.1. The minimum atomic E-state index is -1.65. The van der Waals surface area contributed by atoms with E-state index in [1.165, 1.54) is 7.05 Å². The molecule has 10 heteroatoms. The molecule has 1 aromatic heterocycles. The lowest BCUT2D eigenvalue weighted by atomic mass is 9.94. The highest BCUT2D eigenvalue weighted by atomic mass is 19.2. The number of nitrogens with zero attached hydrogens (tertiary/aromatic N) is 2. The summed E-state index contributed by atoms with van der Waals surface area (Å²) in [7, 11) is 1.50. The molecule has 0 aliphatic heterocycles. The molecule has 28 heavy (non-hydrogen) atoms. The van der Waals surface area contributed by atoms with Crippen LogP contribution in [0.25, 0.3) is 0 Å². The zero-order valence-electron chi connectivity index (χ0n) is 16.0. The molecular formula is C18H22F3N5O2. The van der Waals surface area contributed by atoms with Crippen LogP contribution in [-0.2, 0) is 16.8 Å². The van der Waals surface area contributed by atoms with Gasteiger partial charge in [0.15, 0.2) is 23.4 Å². The fourth-order valence-electron chi connectivity index (χ4n) is 2.10. The SMILES string of the molecule is CN=C(NCC(=O)Nc1ccc(F)c(F)c1F)NCc1ncc(C(C)(C)C)o1. The Kier molecular flexibility index (Phi) is 6.66. The molecular weight excluding hydrogens is 375 g/mol. The Bertz CT molecular complexity index is 875. The highest BCUT2D eigenvalue weighted by Crippen LogP contribution is 2.22. The van der Waals surface area contributed by atoms with Crippen LogP contribution in [0.4, 0.5) is 18.9 Å². The second-order valence-electron chi connectivity index (χ2n) is 6.92. The van der Waals surface area contributed by atoms with Gasteiger partial charge in [-0.15, -0.1) is 0 Å². The number of aliphatic imine (C=N–C) groups is 1. The molecule has 2 aromatic rings. The van der Waals surface area contributed by atoms with Crippen LogP contribution in [0.1, 0.15) is 32.4 Å². The smallest absolute Gasteiger partial charge is 0.243 e. The first-order valence-electron chi connectivity index (χ1n) is 8.45. The number of oxazole rings is 1. The number of anilines is 1. The fraction of sp³-hybridized carbons (Fsp3) is 0.389. The number of halogens is 3. The van der Waals surface area contributed by atoms with Crippen molar-refractivity contribution in [3.8, 4) is 0 Å². The molecule has 3 N–H and O–H groups in total. The average molecular weight is 397 g/mol. The van der Waals surface area contributed by atoms with Crippen molar-refractivity contribution < 1.29 is 22.4 Å². The third-order valence-corrected chi connectivity index (χ3v) is 3.65. The molecule has 0 atom stereocenters. The molecule has 1 amide bonds. The van der Waals surface area contributed by atoms with E-state index in [0.717, 1.165) is 17.9 Å². The lowest BCUT2D eigenvalue weighted by Crippen LogP contribution is -2.41. The summed E-state index contributed by atoms with van der Waals surface area (Å²) in [4.78, 5) is 20.0. The normalized spacial score (nSPS) is 12.0. The van der Waals surface area contributed by atoms with Crippen molar-refractivity contribution in [2.75, 3.05) is 18.9 Å². The van der Waals surface area contributed by atoms with Gasteiger partial charge in [0, 0.05) is 12.5 Å². The molecule has 152 valence electrons. The van der Waals surface area contributed by atoms with Crippen molar-refractivity contribution in [3.05, 3.63) is 47.4 Å².